The van der Waals surface area contributed by atoms with Crippen LogP contribution in [0.1, 0.15) is 41.0 Å². The third kappa shape index (κ3) is 2.39. The minimum absolute atomic E-state index is 0.0138. The van der Waals surface area contributed by atoms with Crippen LogP contribution in [-0.2, 0) is 24.6 Å². The number of nitrogens with zero attached hydrogens (tertiary/aromatic N) is 2. The number of ether oxygens (including phenoxy) is 1. The maximum Gasteiger partial charge on any atom is 0.413 e. The first-order valence-corrected chi connectivity index (χ1v) is 7.36. The van der Waals surface area contributed by atoms with Crippen molar-refractivity contribution < 1.29 is 22.7 Å². The zero-order valence-corrected chi connectivity index (χ0v) is 12.3. The number of hydrogen-bond acceptors (Lipinski definition) is 3. The van der Waals surface area contributed by atoms with E-state index in [0.717, 1.165) is 30.5 Å². The van der Waals surface area contributed by atoms with Crippen LogP contribution in [0.2, 0.25) is 0 Å². The maximum absolute atomic E-state index is 13.3. The van der Waals surface area contributed by atoms with Crippen LogP contribution in [-0.4, -0.2) is 40.6 Å². The molecule has 1 aliphatic heterocycles. The summed E-state index contributed by atoms with van der Waals surface area (Å²) in [4.78, 5) is 12.4. The molecule has 1 fully saturated rings. The van der Waals surface area contributed by atoms with Crippen molar-refractivity contribution in [3.8, 4) is 0 Å². The Morgan fingerprint density at radius 1 is 1.36 bits per heavy atom. The number of alkyl halides is 3. The molecule has 3 rings (SSSR count). The van der Waals surface area contributed by atoms with Crippen LogP contribution in [0.15, 0.2) is 0 Å². The quantitative estimate of drug-likeness (QED) is 0.904. The van der Waals surface area contributed by atoms with E-state index in [9.17, 15) is 18.0 Å². The predicted octanol–water partition coefficient (Wildman–Crippen LogP) is 1.75. The van der Waals surface area contributed by atoms with Gasteiger partial charge in [-0.05, 0) is 25.7 Å². The molecule has 22 heavy (non-hydrogen) atoms. The van der Waals surface area contributed by atoms with Crippen LogP contribution in [0.5, 0.6) is 0 Å². The van der Waals surface area contributed by atoms with Gasteiger partial charge in [-0.1, -0.05) is 0 Å². The molecule has 0 bridgehead atoms. The number of nitrogens with one attached hydrogen (secondary N) is 1. The highest BCUT2D eigenvalue weighted by molar-refractivity contribution is 5.94. The molecule has 1 amide bonds. The summed E-state index contributed by atoms with van der Waals surface area (Å²) in [5, 5.41) is 6.29. The van der Waals surface area contributed by atoms with Gasteiger partial charge in [-0.3, -0.25) is 9.48 Å². The number of rotatable bonds is 2. The largest absolute Gasteiger partial charge is 0.413 e. The van der Waals surface area contributed by atoms with E-state index in [-0.39, 0.29) is 18.7 Å². The van der Waals surface area contributed by atoms with Gasteiger partial charge in [0.2, 0.25) is 0 Å². The van der Waals surface area contributed by atoms with E-state index in [0.29, 0.717) is 6.42 Å². The molecule has 1 saturated heterocycles. The van der Waals surface area contributed by atoms with Gasteiger partial charge in [0.15, 0.2) is 11.2 Å². The number of hydrogen-bond donors (Lipinski definition) is 1. The minimum Gasteiger partial charge on any atom is -0.379 e. The van der Waals surface area contributed by atoms with Crippen molar-refractivity contribution in [1.82, 2.24) is 15.1 Å². The van der Waals surface area contributed by atoms with Gasteiger partial charge in [0.05, 0.1) is 6.61 Å². The first-order valence-electron chi connectivity index (χ1n) is 7.36. The molecule has 2 heterocycles. The molecule has 1 atom stereocenters. The summed E-state index contributed by atoms with van der Waals surface area (Å²) in [6, 6.07) is 0. The van der Waals surface area contributed by atoms with E-state index in [1.807, 2.05) is 0 Å². The average molecular weight is 317 g/mol. The van der Waals surface area contributed by atoms with Gasteiger partial charge in [-0.15, -0.1) is 0 Å². The molecule has 5 nitrogen and oxygen atoms in total. The molecular formula is C14H18F3N3O2. The lowest BCUT2D eigenvalue weighted by Crippen LogP contribution is -2.59. The van der Waals surface area contributed by atoms with Crippen LogP contribution >= 0.6 is 0 Å². The molecule has 2 aliphatic rings. The summed E-state index contributed by atoms with van der Waals surface area (Å²) in [7, 11) is 1.72. The lowest BCUT2D eigenvalue weighted by atomic mass is 9.94. The monoisotopic (exact) mass is 317 g/mol. The second-order valence-electron chi connectivity index (χ2n) is 5.94. The molecule has 1 aromatic rings. The zero-order chi connectivity index (χ0) is 16.0. The fourth-order valence-corrected chi connectivity index (χ4v) is 3.19. The third-order valence-electron chi connectivity index (χ3n) is 4.50. The van der Waals surface area contributed by atoms with Crippen molar-refractivity contribution in [2.75, 3.05) is 13.2 Å². The standard InChI is InChI=1S/C14H18F3N3O2/c1-20-10-5-3-2-4-9(10)11(19-20)12(21)18-13(14(15,16)17)6-7-22-8-13/h2-8H2,1H3,(H,18,21)/t13-/m1/s1. The van der Waals surface area contributed by atoms with Crippen LogP contribution in [0.25, 0.3) is 0 Å². The van der Waals surface area contributed by atoms with Gasteiger partial charge >= 0.3 is 6.18 Å². The highest BCUT2D eigenvalue weighted by atomic mass is 19.4. The minimum atomic E-state index is -4.55. The average Bonchev–Trinajstić information content (AvgIpc) is 3.05. The van der Waals surface area contributed by atoms with Gasteiger partial charge in [0.1, 0.15) is 0 Å². The van der Waals surface area contributed by atoms with Gasteiger partial charge in [-0.2, -0.15) is 18.3 Å². The van der Waals surface area contributed by atoms with Crippen LogP contribution in [0.3, 0.4) is 0 Å². The Hall–Kier alpha value is -1.57. The molecule has 0 radical (unpaired) electrons. The summed E-state index contributed by atoms with van der Waals surface area (Å²) < 4.78 is 46.4. The van der Waals surface area contributed by atoms with Crippen LogP contribution in [0.4, 0.5) is 13.2 Å². The molecule has 1 aromatic heterocycles. The lowest BCUT2D eigenvalue weighted by molar-refractivity contribution is -0.192. The molecule has 8 heteroatoms. The number of amides is 1. The summed E-state index contributed by atoms with van der Waals surface area (Å²) in [5.41, 5.74) is -0.460. The Balaban J connectivity index is 1.89. The smallest absolute Gasteiger partial charge is 0.379 e. The van der Waals surface area contributed by atoms with Crippen molar-refractivity contribution in [3.63, 3.8) is 0 Å². The molecule has 0 saturated carbocycles. The highest BCUT2D eigenvalue weighted by Gasteiger charge is 2.58. The van der Waals surface area contributed by atoms with Crippen molar-refractivity contribution in [1.29, 1.82) is 0 Å². The fourth-order valence-electron chi connectivity index (χ4n) is 3.19. The Kier molecular flexibility index (Phi) is 3.66. The highest BCUT2D eigenvalue weighted by Crippen LogP contribution is 2.37. The van der Waals surface area contributed by atoms with Crippen LogP contribution < -0.4 is 5.32 Å². The maximum atomic E-state index is 13.3. The molecule has 0 aromatic carbocycles. The van der Waals surface area contributed by atoms with Crippen LogP contribution in [0, 0.1) is 0 Å². The van der Waals surface area contributed by atoms with E-state index < -0.39 is 24.2 Å². The van der Waals surface area contributed by atoms with Crippen molar-refractivity contribution in [3.05, 3.63) is 17.0 Å². The Bertz CT molecular complexity index is 589. The van der Waals surface area contributed by atoms with Gasteiger partial charge in [-0.25, -0.2) is 0 Å². The second-order valence-corrected chi connectivity index (χ2v) is 5.94. The molecule has 1 aliphatic carbocycles. The normalized spacial score (nSPS) is 25.1. The summed E-state index contributed by atoms with van der Waals surface area (Å²) >= 11 is 0. The van der Waals surface area contributed by atoms with Crippen molar-refractivity contribution in [2.24, 2.45) is 7.05 Å². The van der Waals surface area contributed by atoms with E-state index >= 15 is 0 Å². The lowest BCUT2D eigenvalue weighted by Gasteiger charge is -2.30. The van der Waals surface area contributed by atoms with E-state index in [2.05, 4.69) is 10.4 Å². The molecule has 0 unspecified atom stereocenters. The van der Waals surface area contributed by atoms with E-state index in [1.165, 1.54) is 0 Å². The Labute approximate surface area is 125 Å². The SMILES string of the molecule is Cn1nc(C(=O)N[C@]2(C(F)(F)F)CCOC2)c2c1CCCC2. The second kappa shape index (κ2) is 5.26. The first kappa shape index (κ1) is 15.3. The fraction of sp³-hybridized carbons (Fsp3) is 0.714. The van der Waals surface area contributed by atoms with Crippen molar-refractivity contribution in [2.45, 2.75) is 43.8 Å². The Morgan fingerprint density at radius 2 is 2.09 bits per heavy atom. The number of aryl methyl sites for hydroxylation is 1. The first-order chi connectivity index (χ1) is 10.3. The molecule has 1 N–H and O–H groups in total. The number of carbonyl (C=O) groups excluding carboxylic acids is 1. The van der Waals surface area contributed by atoms with E-state index in [4.69, 9.17) is 4.74 Å². The van der Waals surface area contributed by atoms with Gasteiger partial charge in [0, 0.05) is 31.3 Å². The topological polar surface area (TPSA) is 56.2 Å². The molecule has 122 valence electrons. The summed E-state index contributed by atoms with van der Waals surface area (Å²) in [5.74, 6) is -0.762. The summed E-state index contributed by atoms with van der Waals surface area (Å²) in [6.07, 6.45) is -1.40. The predicted molar refractivity (Wildman–Crippen MR) is 71.5 cm³/mol. The number of aromatic nitrogens is 2. The van der Waals surface area contributed by atoms with E-state index in [1.54, 1.807) is 11.7 Å². The zero-order valence-electron chi connectivity index (χ0n) is 12.3. The van der Waals surface area contributed by atoms with Crippen molar-refractivity contribution >= 4 is 5.91 Å². The number of fused-ring (bicyclic) bond motifs is 1. The third-order valence-corrected chi connectivity index (χ3v) is 4.50. The number of carbonyl (C=O) groups is 1. The summed E-state index contributed by atoms with van der Waals surface area (Å²) in [6.45, 7) is -0.558. The molecule has 0 spiro atoms. The number of halogens is 3. The van der Waals surface area contributed by atoms with Gasteiger partial charge < -0.3 is 10.1 Å². The van der Waals surface area contributed by atoms with Gasteiger partial charge in [0.25, 0.3) is 5.91 Å². The Morgan fingerprint density at radius 3 is 2.73 bits per heavy atom. The molecular weight excluding hydrogens is 299 g/mol.